The van der Waals surface area contributed by atoms with Crippen molar-refractivity contribution in [3.05, 3.63) is 94.6 Å². The van der Waals surface area contributed by atoms with Gasteiger partial charge in [0.2, 0.25) is 0 Å². The second kappa shape index (κ2) is 10.9. The molecular formula is C31H34N2O4. The summed E-state index contributed by atoms with van der Waals surface area (Å²) in [6, 6.07) is 19.7. The minimum Gasteiger partial charge on any atom is -0.507 e. The first kappa shape index (κ1) is 26.0. The molecule has 1 aliphatic rings. The molecule has 37 heavy (non-hydrogen) atoms. The number of aliphatic hydroxyl groups is 1. The highest BCUT2D eigenvalue weighted by Gasteiger charge is 2.47. The Morgan fingerprint density at radius 2 is 1.62 bits per heavy atom. The number of Topliss-reactive ketones (excluding diaryl/α,β-unsaturated/α-hetero) is 1. The number of hydrogen-bond acceptors (Lipinski definition) is 5. The maximum Gasteiger partial charge on any atom is 0.300 e. The fourth-order valence-corrected chi connectivity index (χ4v) is 4.80. The van der Waals surface area contributed by atoms with Crippen molar-refractivity contribution in [1.82, 2.24) is 0 Å². The summed E-state index contributed by atoms with van der Waals surface area (Å²) >= 11 is 0. The van der Waals surface area contributed by atoms with Gasteiger partial charge in [0, 0.05) is 30.0 Å². The molecule has 192 valence electrons. The van der Waals surface area contributed by atoms with Crippen LogP contribution in [0.25, 0.3) is 5.76 Å². The summed E-state index contributed by atoms with van der Waals surface area (Å²) in [5.41, 5.74) is 5.01. The topological polar surface area (TPSA) is 70.1 Å². The Morgan fingerprint density at radius 1 is 0.919 bits per heavy atom. The molecule has 6 nitrogen and oxygen atoms in total. The van der Waals surface area contributed by atoms with E-state index in [0.29, 0.717) is 23.6 Å². The number of aryl methyl sites for hydroxylation is 2. The van der Waals surface area contributed by atoms with Crippen LogP contribution < -0.4 is 14.5 Å². The van der Waals surface area contributed by atoms with Gasteiger partial charge in [-0.1, -0.05) is 30.3 Å². The normalized spacial score (nSPS) is 16.8. The summed E-state index contributed by atoms with van der Waals surface area (Å²) in [7, 11) is 0. The number of anilines is 2. The van der Waals surface area contributed by atoms with Gasteiger partial charge < -0.3 is 14.7 Å². The number of ether oxygens (including phenoxy) is 1. The molecule has 3 aromatic rings. The minimum atomic E-state index is -0.774. The molecule has 0 saturated carbocycles. The number of amides is 1. The molecule has 6 heteroatoms. The summed E-state index contributed by atoms with van der Waals surface area (Å²) in [6.07, 6.45) is 0. The molecule has 1 unspecified atom stereocenters. The van der Waals surface area contributed by atoms with Gasteiger partial charge in [-0.25, -0.2) is 0 Å². The van der Waals surface area contributed by atoms with E-state index in [2.05, 4.69) is 18.7 Å². The summed E-state index contributed by atoms with van der Waals surface area (Å²) in [5.74, 6) is -1.02. The lowest BCUT2D eigenvalue weighted by Gasteiger charge is -2.27. The summed E-state index contributed by atoms with van der Waals surface area (Å²) in [5, 5.41) is 11.4. The molecule has 1 amide bonds. The predicted octanol–water partition coefficient (Wildman–Crippen LogP) is 6.17. The first-order valence-electron chi connectivity index (χ1n) is 12.8. The van der Waals surface area contributed by atoms with Crippen LogP contribution in [-0.2, 0) is 9.59 Å². The lowest BCUT2D eigenvalue weighted by Crippen LogP contribution is -2.29. The molecule has 0 radical (unpaired) electrons. The van der Waals surface area contributed by atoms with Gasteiger partial charge in [-0.05, 0) is 87.7 Å². The van der Waals surface area contributed by atoms with Crippen LogP contribution in [0.4, 0.5) is 11.4 Å². The van der Waals surface area contributed by atoms with Crippen molar-refractivity contribution in [1.29, 1.82) is 0 Å². The molecular weight excluding hydrogens is 464 g/mol. The van der Waals surface area contributed by atoms with E-state index in [4.69, 9.17) is 4.74 Å². The number of hydrogen-bond donors (Lipinski definition) is 1. The second-order valence-corrected chi connectivity index (χ2v) is 9.16. The fourth-order valence-electron chi connectivity index (χ4n) is 4.80. The zero-order valence-corrected chi connectivity index (χ0v) is 22.1. The molecule has 1 N–H and O–H groups in total. The predicted molar refractivity (Wildman–Crippen MR) is 148 cm³/mol. The molecule has 0 aliphatic carbocycles. The molecule has 1 saturated heterocycles. The standard InChI is InChI=1S/C31H34N2O4/c1-6-32(7-2)24-16-13-22(14-17-24)28-27(29(34)23-10-9-11-26(19-23)37-8-3)30(35)31(36)33(28)25-15-12-20(4)21(5)18-25/h9-19,28,34H,6-8H2,1-5H3/b29-27+. The van der Waals surface area contributed by atoms with Gasteiger partial charge in [-0.2, -0.15) is 0 Å². The Bertz CT molecular complexity index is 1340. The molecule has 0 bridgehead atoms. The van der Waals surface area contributed by atoms with E-state index in [9.17, 15) is 14.7 Å². The third-order valence-corrected chi connectivity index (χ3v) is 6.97. The zero-order chi connectivity index (χ0) is 26.7. The molecule has 1 aliphatic heterocycles. The van der Waals surface area contributed by atoms with Gasteiger partial charge in [-0.3, -0.25) is 14.5 Å². The van der Waals surface area contributed by atoms with Crippen molar-refractivity contribution < 1.29 is 19.4 Å². The zero-order valence-electron chi connectivity index (χ0n) is 22.1. The van der Waals surface area contributed by atoms with E-state index in [1.54, 1.807) is 24.3 Å². The molecule has 3 aromatic carbocycles. The van der Waals surface area contributed by atoms with Crippen LogP contribution in [-0.4, -0.2) is 36.5 Å². The molecule has 0 spiro atoms. The number of nitrogens with zero attached hydrogens (tertiary/aromatic N) is 2. The van der Waals surface area contributed by atoms with Crippen molar-refractivity contribution in [3.63, 3.8) is 0 Å². The largest absolute Gasteiger partial charge is 0.507 e. The molecule has 1 atom stereocenters. The SMILES string of the molecule is CCOc1cccc(/C(O)=C2\C(=O)C(=O)N(c3ccc(C)c(C)c3)C2c2ccc(N(CC)CC)cc2)c1. The van der Waals surface area contributed by atoms with E-state index < -0.39 is 17.7 Å². The highest BCUT2D eigenvalue weighted by atomic mass is 16.5. The van der Waals surface area contributed by atoms with Crippen LogP contribution in [0.15, 0.2) is 72.3 Å². The number of carbonyl (C=O) groups excluding carboxylic acids is 2. The molecule has 1 fully saturated rings. The average Bonchev–Trinajstić information content (AvgIpc) is 3.17. The highest BCUT2D eigenvalue weighted by molar-refractivity contribution is 6.51. The van der Waals surface area contributed by atoms with Gasteiger partial charge in [0.15, 0.2) is 0 Å². The maximum atomic E-state index is 13.5. The van der Waals surface area contributed by atoms with Gasteiger partial charge in [0.25, 0.3) is 11.7 Å². The van der Waals surface area contributed by atoms with E-state index in [1.807, 2.05) is 63.2 Å². The first-order valence-corrected chi connectivity index (χ1v) is 12.8. The average molecular weight is 499 g/mol. The summed E-state index contributed by atoms with van der Waals surface area (Å²) < 4.78 is 5.59. The van der Waals surface area contributed by atoms with Crippen LogP contribution in [0.5, 0.6) is 5.75 Å². The first-order chi connectivity index (χ1) is 17.8. The van der Waals surface area contributed by atoms with Crippen molar-refractivity contribution in [2.45, 2.75) is 40.7 Å². The lowest BCUT2D eigenvalue weighted by atomic mass is 9.94. The number of ketones is 1. The van der Waals surface area contributed by atoms with Gasteiger partial charge in [0.05, 0.1) is 18.2 Å². The molecule has 4 rings (SSSR count). The second-order valence-electron chi connectivity index (χ2n) is 9.16. The molecule has 0 aromatic heterocycles. The number of rotatable bonds is 8. The van der Waals surface area contributed by atoms with Crippen LogP contribution in [0.1, 0.15) is 49.1 Å². The van der Waals surface area contributed by atoms with Gasteiger partial charge in [-0.15, -0.1) is 0 Å². The van der Waals surface area contributed by atoms with Crippen molar-refractivity contribution in [2.75, 3.05) is 29.5 Å². The van der Waals surface area contributed by atoms with Crippen LogP contribution >= 0.6 is 0 Å². The Hall–Kier alpha value is -4.06. The van der Waals surface area contributed by atoms with Crippen LogP contribution in [0.3, 0.4) is 0 Å². The number of aliphatic hydroxyl groups excluding tert-OH is 1. The molecule has 1 heterocycles. The Kier molecular flexibility index (Phi) is 7.67. The van der Waals surface area contributed by atoms with Crippen LogP contribution in [0.2, 0.25) is 0 Å². The third-order valence-electron chi connectivity index (χ3n) is 6.97. The highest BCUT2D eigenvalue weighted by Crippen LogP contribution is 2.43. The lowest BCUT2D eigenvalue weighted by molar-refractivity contribution is -0.132. The maximum absolute atomic E-state index is 13.5. The fraction of sp³-hybridized carbons (Fsp3) is 0.290. The third kappa shape index (κ3) is 4.96. The van der Waals surface area contributed by atoms with Gasteiger partial charge in [0.1, 0.15) is 11.5 Å². The minimum absolute atomic E-state index is 0.0625. The van der Waals surface area contributed by atoms with Gasteiger partial charge >= 0.3 is 0 Å². The monoisotopic (exact) mass is 498 g/mol. The van der Waals surface area contributed by atoms with Crippen molar-refractivity contribution in [2.24, 2.45) is 0 Å². The van der Waals surface area contributed by atoms with E-state index >= 15 is 0 Å². The Labute approximate surface area is 218 Å². The van der Waals surface area contributed by atoms with E-state index in [-0.39, 0.29) is 11.3 Å². The Balaban J connectivity index is 1.90. The quantitative estimate of drug-likeness (QED) is 0.228. The van der Waals surface area contributed by atoms with Crippen LogP contribution in [0, 0.1) is 13.8 Å². The number of benzene rings is 3. The summed E-state index contributed by atoms with van der Waals surface area (Å²) in [4.78, 5) is 30.7. The van der Waals surface area contributed by atoms with E-state index in [1.165, 1.54) is 4.90 Å². The van der Waals surface area contributed by atoms with E-state index in [0.717, 1.165) is 35.5 Å². The Morgan fingerprint density at radius 3 is 2.24 bits per heavy atom. The van der Waals surface area contributed by atoms with Crippen molar-refractivity contribution in [3.8, 4) is 5.75 Å². The smallest absolute Gasteiger partial charge is 0.300 e. The van der Waals surface area contributed by atoms with Crippen molar-refractivity contribution >= 4 is 28.8 Å². The number of carbonyl (C=O) groups is 2. The summed E-state index contributed by atoms with van der Waals surface area (Å²) in [6.45, 7) is 12.3.